The molecule has 0 aliphatic carbocycles. The van der Waals surface area contributed by atoms with Crippen LogP contribution < -0.4 is 5.73 Å². The highest BCUT2D eigenvalue weighted by atomic mass is 32.2. The van der Waals surface area contributed by atoms with E-state index in [1.165, 1.54) is 41.6 Å². The highest BCUT2D eigenvalue weighted by Gasteiger charge is 2.13. The van der Waals surface area contributed by atoms with Gasteiger partial charge in [-0.3, -0.25) is 0 Å². The van der Waals surface area contributed by atoms with E-state index in [9.17, 15) is 4.39 Å². The number of thioether (sulfide) groups is 1. The molecular weight excluding hydrogens is 325 g/mol. The average molecular weight is 335 g/mol. The molecule has 2 N–H and O–H groups in total. The molecule has 0 radical (unpaired) electrons. The van der Waals surface area contributed by atoms with Crippen molar-refractivity contribution >= 4 is 50.5 Å². The lowest BCUT2D eigenvalue weighted by Gasteiger charge is -2.04. The van der Waals surface area contributed by atoms with E-state index in [4.69, 9.17) is 18.0 Å². The average Bonchev–Trinajstić information content (AvgIpc) is 2.90. The SMILES string of the molecule is NC(=S)CSc1ncnc2scc(-c3ccc(F)cc3)c12. The number of fused-ring (bicyclic) bond motifs is 1. The van der Waals surface area contributed by atoms with Gasteiger partial charge >= 0.3 is 0 Å². The minimum absolute atomic E-state index is 0.252. The Morgan fingerprint density at radius 2 is 2.05 bits per heavy atom. The molecule has 0 saturated heterocycles. The number of hydrogen-bond acceptors (Lipinski definition) is 5. The summed E-state index contributed by atoms with van der Waals surface area (Å²) in [7, 11) is 0. The number of nitrogens with two attached hydrogens (primary N) is 1. The van der Waals surface area contributed by atoms with Gasteiger partial charge in [0.25, 0.3) is 0 Å². The zero-order valence-corrected chi connectivity index (χ0v) is 13.2. The number of rotatable bonds is 4. The van der Waals surface area contributed by atoms with Crippen LogP contribution >= 0.6 is 35.3 Å². The van der Waals surface area contributed by atoms with Gasteiger partial charge in [0.2, 0.25) is 0 Å². The first kappa shape index (κ1) is 14.4. The maximum atomic E-state index is 13.1. The van der Waals surface area contributed by atoms with E-state index in [0.717, 1.165) is 26.4 Å². The third-order valence-corrected chi connectivity index (χ3v) is 5.09. The van der Waals surface area contributed by atoms with Crippen LogP contribution in [-0.2, 0) is 0 Å². The van der Waals surface area contributed by atoms with Crippen molar-refractivity contribution in [2.75, 3.05) is 5.75 Å². The summed E-state index contributed by atoms with van der Waals surface area (Å²) in [6, 6.07) is 6.41. The molecule has 0 fully saturated rings. The van der Waals surface area contributed by atoms with E-state index in [2.05, 4.69) is 9.97 Å². The van der Waals surface area contributed by atoms with Gasteiger partial charge in [0.15, 0.2) is 0 Å². The summed E-state index contributed by atoms with van der Waals surface area (Å²) in [5.41, 5.74) is 7.49. The lowest BCUT2D eigenvalue weighted by Crippen LogP contribution is -2.10. The first-order valence-corrected chi connectivity index (χ1v) is 8.32. The van der Waals surface area contributed by atoms with Crippen LogP contribution in [0.2, 0.25) is 0 Å². The van der Waals surface area contributed by atoms with Crippen LogP contribution in [0.15, 0.2) is 41.0 Å². The van der Waals surface area contributed by atoms with E-state index in [0.29, 0.717) is 10.7 Å². The monoisotopic (exact) mass is 335 g/mol. The molecule has 106 valence electrons. The molecule has 2 aromatic heterocycles. The lowest BCUT2D eigenvalue weighted by atomic mass is 10.1. The van der Waals surface area contributed by atoms with E-state index < -0.39 is 0 Å². The van der Waals surface area contributed by atoms with Gasteiger partial charge in [-0.15, -0.1) is 11.3 Å². The second-order valence-corrected chi connectivity index (χ2v) is 6.62. The number of aromatic nitrogens is 2. The second kappa shape index (κ2) is 6.05. The van der Waals surface area contributed by atoms with E-state index in [1.807, 2.05) is 5.38 Å². The van der Waals surface area contributed by atoms with Gasteiger partial charge in [-0.1, -0.05) is 36.1 Å². The van der Waals surface area contributed by atoms with Crippen molar-refractivity contribution < 1.29 is 4.39 Å². The molecule has 0 unspecified atom stereocenters. The Balaban J connectivity index is 2.10. The van der Waals surface area contributed by atoms with Crippen molar-refractivity contribution in [2.45, 2.75) is 5.03 Å². The fraction of sp³-hybridized carbons (Fsp3) is 0.0714. The van der Waals surface area contributed by atoms with Crippen molar-refractivity contribution in [3.05, 3.63) is 41.8 Å². The quantitative estimate of drug-likeness (QED) is 0.445. The Labute approximate surface area is 134 Å². The summed E-state index contributed by atoms with van der Waals surface area (Å²) in [6.07, 6.45) is 1.54. The van der Waals surface area contributed by atoms with Gasteiger partial charge in [-0.05, 0) is 17.7 Å². The number of halogens is 1. The molecule has 0 bridgehead atoms. The van der Waals surface area contributed by atoms with Crippen molar-refractivity contribution in [3.63, 3.8) is 0 Å². The predicted molar refractivity (Wildman–Crippen MR) is 90.3 cm³/mol. The minimum Gasteiger partial charge on any atom is -0.393 e. The molecule has 3 rings (SSSR count). The largest absolute Gasteiger partial charge is 0.393 e. The number of thiocarbonyl (C=S) groups is 1. The third kappa shape index (κ3) is 3.04. The Morgan fingerprint density at radius 1 is 1.29 bits per heavy atom. The Kier molecular flexibility index (Phi) is 4.14. The molecular formula is C14H10FN3S3. The summed E-state index contributed by atoms with van der Waals surface area (Å²) in [6.45, 7) is 0. The zero-order valence-electron chi connectivity index (χ0n) is 10.7. The fourth-order valence-corrected chi connectivity index (χ4v) is 3.85. The van der Waals surface area contributed by atoms with Gasteiger partial charge in [0.1, 0.15) is 22.0 Å². The van der Waals surface area contributed by atoms with E-state index in [-0.39, 0.29) is 5.82 Å². The van der Waals surface area contributed by atoms with Crippen LogP contribution in [0.25, 0.3) is 21.3 Å². The van der Waals surface area contributed by atoms with Gasteiger partial charge in [-0.2, -0.15) is 0 Å². The first-order valence-electron chi connectivity index (χ1n) is 6.04. The van der Waals surface area contributed by atoms with Crippen LogP contribution in [0.4, 0.5) is 4.39 Å². The lowest BCUT2D eigenvalue weighted by molar-refractivity contribution is 0.628. The van der Waals surface area contributed by atoms with Gasteiger partial charge < -0.3 is 5.73 Å². The van der Waals surface area contributed by atoms with Crippen molar-refractivity contribution in [1.82, 2.24) is 9.97 Å². The second-order valence-electron chi connectivity index (χ2n) is 4.27. The molecule has 0 atom stereocenters. The molecule has 0 aliphatic heterocycles. The van der Waals surface area contributed by atoms with Crippen LogP contribution in [0.3, 0.4) is 0 Å². The number of hydrogen-bond donors (Lipinski definition) is 1. The maximum Gasteiger partial charge on any atom is 0.128 e. The van der Waals surface area contributed by atoms with Crippen molar-refractivity contribution in [3.8, 4) is 11.1 Å². The molecule has 3 aromatic rings. The van der Waals surface area contributed by atoms with Gasteiger partial charge in [0, 0.05) is 16.7 Å². The van der Waals surface area contributed by atoms with E-state index >= 15 is 0 Å². The van der Waals surface area contributed by atoms with Crippen LogP contribution in [0.1, 0.15) is 0 Å². The predicted octanol–water partition coefficient (Wildman–Crippen LogP) is 3.88. The summed E-state index contributed by atoms with van der Waals surface area (Å²) in [5.74, 6) is 0.276. The maximum absolute atomic E-state index is 13.1. The summed E-state index contributed by atoms with van der Waals surface area (Å²) in [5, 5.41) is 3.82. The standard InChI is InChI=1S/C14H10FN3S3/c15-9-3-1-8(2-4-9)10-5-20-13-12(10)14(18-7-17-13)21-6-11(16)19/h1-5,7H,6H2,(H2,16,19). The van der Waals surface area contributed by atoms with Gasteiger partial charge in [0.05, 0.1) is 10.4 Å². The Morgan fingerprint density at radius 3 is 2.76 bits per heavy atom. The number of thiophene rings is 1. The normalized spacial score (nSPS) is 10.9. The topological polar surface area (TPSA) is 51.8 Å². The number of benzene rings is 1. The Hall–Kier alpha value is -1.57. The fourth-order valence-electron chi connectivity index (χ4n) is 1.94. The summed E-state index contributed by atoms with van der Waals surface area (Å²) in [4.78, 5) is 9.95. The van der Waals surface area contributed by atoms with Crippen LogP contribution in [0, 0.1) is 5.82 Å². The Bertz CT molecular complexity index is 799. The molecule has 0 amide bonds. The highest BCUT2D eigenvalue weighted by molar-refractivity contribution is 8.01. The molecule has 0 saturated carbocycles. The molecule has 1 aromatic carbocycles. The summed E-state index contributed by atoms with van der Waals surface area (Å²) < 4.78 is 13.1. The van der Waals surface area contributed by atoms with Gasteiger partial charge in [-0.25, -0.2) is 14.4 Å². The van der Waals surface area contributed by atoms with Crippen LogP contribution in [0.5, 0.6) is 0 Å². The smallest absolute Gasteiger partial charge is 0.128 e. The van der Waals surface area contributed by atoms with E-state index in [1.54, 1.807) is 12.1 Å². The highest BCUT2D eigenvalue weighted by Crippen LogP contribution is 2.37. The molecule has 0 spiro atoms. The molecule has 0 aliphatic rings. The van der Waals surface area contributed by atoms with Crippen molar-refractivity contribution in [1.29, 1.82) is 0 Å². The van der Waals surface area contributed by atoms with Crippen molar-refractivity contribution in [2.24, 2.45) is 5.73 Å². The molecule has 7 heteroatoms. The van der Waals surface area contributed by atoms with Crippen LogP contribution in [-0.4, -0.2) is 20.7 Å². The third-order valence-electron chi connectivity index (χ3n) is 2.84. The minimum atomic E-state index is -0.252. The zero-order chi connectivity index (χ0) is 14.8. The molecule has 2 heterocycles. The molecule has 21 heavy (non-hydrogen) atoms. The summed E-state index contributed by atoms with van der Waals surface area (Å²) >= 11 is 7.94. The molecule has 3 nitrogen and oxygen atoms in total. The number of nitrogens with zero attached hydrogens (tertiary/aromatic N) is 2. The first-order chi connectivity index (χ1) is 10.1.